The van der Waals surface area contributed by atoms with Gasteiger partial charge in [0.1, 0.15) is 48.8 Å². The Hall–Kier alpha value is -0.400. The summed E-state index contributed by atoms with van der Waals surface area (Å²) in [4.78, 5) is 0. The van der Waals surface area contributed by atoms with Crippen LogP contribution in [0.2, 0.25) is 0 Å². The Bertz CT molecular complexity index is 419. The third-order valence-corrected chi connectivity index (χ3v) is 4.70. The van der Waals surface area contributed by atoms with Crippen LogP contribution in [0.1, 0.15) is 13.8 Å². The van der Waals surface area contributed by atoms with Crippen LogP contribution in [-0.2, 0) is 14.2 Å². The maximum absolute atomic E-state index is 10.4. The SMILES string of the molecule is CC(C)C1O[C@H](CO)[C@H](O)[C@H](O)[C@H]1OC1O[C@H](CO)[C@H](O)[C@H](O)[C@H]1O. The number of hydrogen-bond acceptors (Lipinski definition) is 10. The van der Waals surface area contributed by atoms with Crippen molar-refractivity contribution in [2.24, 2.45) is 5.92 Å². The number of rotatable bonds is 5. The van der Waals surface area contributed by atoms with Crippen molar-refractivity contribution < 1.29 is 50.0 Å². The summed E-state index contributed by atoms with van der Waals surface area (Å²) in [7, 11) is 0. The van der Waals surface area contributed by atoms with E-state index in [1.807, 2.05) is 0 Å². The van der Waals surface area contributed by atoms with Crippen LogP contribution >= 0.6 is 0 Å². The first-order valence-corrected chi connectivity index (χ1v) is 8.31. The Morgan fingerprint density at radius 3 is 1.80 bits per heavy atom. The highest BCUT2D eigenvalue weighted by molar-refractivity contribution is 4.96. The Balaban J connectivity index is 2.17. The van der Waals surface area contributed by atoms with Gasteiger partial charge in [0.2, 0.25) is 0 Å². The molecule has 25 heavy (non-hydrogen) atoms. The van der Waals surface area contributed by atoms with E-state index >= 15 is 0 Å². The Labute approximate surface area is 145 Å². The largest absolute Gasteiger partial charge is 0.394 e. The van der Waals surface area contributed by atoms with Crippen LogP contribution in [0, 0.1) is 5.92 Å². The molecule has 0 aromatic carbocycles. The fraction of sp³-hybridized carbons (Fsp3) is 1.00. The molecule has 7 N–H and O–H groups in total. The summed E-state index contributed by atoms with van der Waals surface area (Å²) >= 11 is 0. The van der Waals surface area contributed by atoms with Gasteiger partial charge in [-0.3, -0.25) is 0 Å². The quantitative estimate of drug-likeness (QED) is 0.256. The van der Waals surface area contributed by atoms with Gasteiger partial charge in [-0.05, 0) is 5.92 Å². The predicted molar refractivity (Wildman–Crippen MR) is 81.2 cm³/mol. The van der Waals surface area contributed by atoms with E-state index in [0.717, 1.165) is 0 Å². The lowest BCUT2D eigenvalue weighted by Crippen LogP contribution is -2.65. The van der Waals surface area contributed by atoms with E-state index in [-0.39, 0.29) is 5.92 Å². The summed E-state index contributed by atoms with van der Waals surface area (Å²) in [6.45, 7) is 2.46. The Morgan fingerprint density at radius 2 is 1.28 bits per heavy atom. The summed E-state index contributed by atoms with van der Waals surface area (Å²) in [5.74, 6) is -0.175. The molecule has 2 heterocycles. The average Bonchev–Trinajstić information content (AvgIpc) is 2.59. The van der Waals surface area contributed by atoms with Crippen molar-refractivity contribution in [3.8, 4) is 0 Å². The molecule has 0 radical (unpaired) electrons. The average molecular weight is 368 g/mol. The van der Waals surface area contributed by atoms with Gasteiger partial charge in [-0.1, -0.05) is 13.8 Å². The molecule has 0 aromatic heterocycles. The predicted octanol–water partition coefficient (Wildman–Crippen LogP) is -3.69. The lowest BCUT2D eigenvalue weighted by Gasteiger charge is -2.47. The maximum atomic E-state index is 10.4. The molecule has 2 fully saturated rings. The van der Waals surface area contributed by atoms with Crippen molar-refractivity contribution in [2.45, 2.75) is 75.1 Å². The number of aliphatic hydroxyl groups excluding tert-OH is 7. The highest BCUT2D eigenvalue weighted by Crippen LogP contribution is 2.31. The van der Waals surface area contributed by atoms with Crippen LogP contribution in [0.4, 0.5) is 0 Å². The highest BCUT2D eigenvalue weighted by atomic mass is 16.7. The topological polar surface area (TPSA) is 169 Å². The van der Waals surface area contributed by atoms with Gasteiger partial charge < -0.3 is 50.0 Å². The van der Waals surface area contributed by atoms with Gasteiger partial charge in [-0.15, -0.1) is 0 Å². The zero-order valence-corrected chi connectivity index (χ0v) is 14.1. The van der Waals surface area contributed by atoms with Crippen LogP contribution in [0.25, 0.3) is 0 Å². The molecular weight excluding hydrogens is 340 g/mol. The van der Waals surface area contributed by atoms with Crippen LogP contribution in [0.5, 0.6) is 0 Å². The molecule has 2 aliphatic rings. The molecule has 2 saturated heterocycles. The van der Waals surface area contributed by atoms with E-state index < -0.39 is 74.4 Å². The van der Waals surface area contributed by atoms with Gasteiger partial charge in [0.05, 0.1) is 19.3 Å². The molecule has 2 rings (SSSR count). The zero-order chi connectivity index (χ0) is 18.9. The summed E-state index contributed by atoms with van der Waals surface area (Å²) in [5.41, 5.74) is 0. The molecule has 0 amide bonds. The first kappa shape index (κ1) is 20.9. The summed E-state index contributed by atoms with van der Waals surface area (Å²) < 4.78 is 16.4. The maximum Gasteiger partial charge on any atom is 0.187 e. The molecule has 148 valence electrons. The van der Waals surface area contributed by atoms with Crippen molar-refractivity contribution in [1.82, 2.24) is 0 Å². The van der Waals surface area contributed by atoms with Crippen LogP contribution in [0.3, 0.4) is 0 Å². The zero-order valence-electron chi connectivity index (χ0n) is 14.1. The second kappa shape index (κ2) is 8.53. The fourth-order valence-corrected chi connectivity index (χ4v) is 3.15. The molecule has 0 spiro atoms. The van der Waals surface area contributed by atoms with Gasteiger partial charge in [0, 0.05) is 0 Å². The summed E-state index contributed by atoms with van der Waals surface area (Å²) in [6, 6.07) is 0. The van der Waals surface area contributed by atoms with Gasteiger partial charge >= 0.3 is 0 Å². The van der Waals surface area contributed by atoms with Crippen molar-refractivity contribution in [3.05, 3.63) is 0 Å². The molecule has 2 unspecified atom stereocenters. The van der Waals surface area contributed by atoms with Gasteiger partial charge in [-0.25, -0.2) is 0 Å². The number of hydrogen-bond donors (Lipinski definition) is 7. The van der Waals surface area contributed by atoms with Crippen LogP contribution in [-0.4, -0.2) is 110 Å². The molecule has 0 bridgehead atoms. The first-order chi connectivity index (χ1) is 11.7. The highest BCUT2D eigenvalue weighted by Gasteiger charge is 2.50. The lowest BCUT2D eigenvalue weighted by molar-refractivity contribution is -0.344. The van der Waals surface area contributed by atoms with Crippen molar-refractivity contribution >= 4 is 0 Å². The molecule has 0 aromatic rings. The molecular formula is C15H28O10. The molecule has 10 atom stereocenters. The van der Waals surface area contributed by atoms with Crippen LogP contribution < -0.4 is 0 Å². The third kappa shape index (κ3) is 4.14. The normalized spacial score (nSPS) is 48.7. The lowest BCUT2D eigenvalue weighted by atomic mass is 9.89. The van der Waals surface area contributed by atoms with Crippen molar-refractivity contribution in [3.63, 3.8) is 0 Å². The number of ether oxygens (including phenoxy) is 3. The van der Waals surface area contributed by atoms with Gasteiger partial charge in [-0.2, -0.15) is 0 Å². The minimum Gasteiger partial charge on any atom is -0.394 e. The first-order valence-electron chi connectivity index (χ1n) is 8.31. The second-order valence-corrected chi connectivity index (χ2v) is 6.84. The molecule has 2 aliphatic heterocycles. The third-order valence-electron chi connectivity index (χ3n) is 4.70. The monoisotopic (exact) mass is 368 g/mol. The molecule has 0 aliphatic carbocycles. The molecule has 10 heteroatoms. The summed E-state index contributed by atoms with van der Waals surface area (Å²) in [6.07, 6.45) is -13.1. The van der Waals surface area contributed by atoms with E-state index in [9.17, 15) is 35.7 Å². The van der Waals surface area contributed by atoms with Gasteiger partial charge in [0.25, 0.3) is 0 Å². The fourth-order valence-electron chi connectivity index (χ4n) is 3.15. The smallest absolute Gasteiger partial charge is 0.187 e. The van der Waals surface area contributed by atoms with E-state index in [0.29, 0.717) is 0 Å². The molecule has 0 saturated carbocycles. The Kier molecular flexibility index (Phi) is 7.13. The summed E-state index contributed by atoms with van der Waals surface area (Å²) in [5, 5.41) is 68.6. The second-order valence-electron chi connectivity index (χ2n) is 6.84. The van der Waals surface area contributed by atoms with E-state index in [4.69, 9.17) is 14.2 Å². The van der Waals surface area contributed by atoms with Gasteiger partial charge in [0.15, 0.2) is 6.29 Å². The minimum atomic E-state index is -1.63. The Morgan fingerprint density at radius 1 is 0.760 bits per heavy atom. The van der Waals surface area contributed by atoms with Crippen LogP contribution in [0.15, 0.2) is 0 Å². The van der Waals surface area contributed by atoms with Crippen molar-refractivity contribution in [2.75, 3.05) is 13.2 Å². The van der Waals surface area contributed by atoms with E-state index in [1.54, 1.807) is 13.8 Å². The number of aliphatic hydroxyl groups is 7. The van der Waals surface area contributed by atoms with E-state index in [2.05, 4.69) is 0 Å². The standard InChI is InChI=1S/C15H28O10/c1-5(2)13-14(11(21)9(19)6(3-16)23-13)25-15-12(22)10(20)8(18)7(4-17)24-15/h5-22H,3-4H2,1-2H3/t6-,7-,8+,9+,10+,11+,12-,13?,14-,15?/m1/s1. The van der Waals surface area contributed by atoms with Crippen molar-refractivity contribution in [1.29, 1.82) is 0 Å². The minimum absolute atomic E-state index is 0.175. The molecule has 10 nitrogen and oxygen atoms in total. The van der Waals surface area contributed by atoms with E-state index in [1.165, 1.54) is 0 Å².